The van der Waals surface area contributed by atoms with Crippen molar-refractivity contribution in [2.24, 2.45) is 17.0 Å². The topological polar surface area (TPSA) is 89.7 Å². The van der Waals surface area contributed by atoms with Crippen LogP contribution in [-0.2, 0) is 14.8 Å². The molecule has 1 aliphatic heterocycles. The monoisotopic (exact) mass is 597 g/mol. The molecule has 0 amide bonds. The summed E-state index contributed by atoms with van der Waals surface area (Å²) < 4.78 is 32.3. The van der Waals surface area contributed by atoms with Crippen LogP contribution in [0.5, 0.6) is 5.75 Å². The number of primary sulfonamides is 1. The number of unbranched alkanes of at least 4 members (excludes halogenated alkanes) is 2. The van der Waals surface area contributed by atoms with Gasteiger partial charge in [-0.1, -0.05) is 75.9 Å². The number of carbonyl (C=O) groups excluding carboxylic acids is 1. The summed E-state index contributed by atoms with van der Waals surface area (Å²) in [5, 5.41) is 4.84. The van der Waals surface area contributed by atoms with Crippen LogP contribution in [0.2, 0.25) is 5.82 Å². The Morgan fingerprint density at radius 1 is 1.07 bits per heavy atom. The van der Waals surface area contributed by atoms with Crippen molar-refractivity contribution in [2.75, 3.05) is 19.6 Å². The summed E-state index contributed by atoms with van der Waals surface area (Å²) >= 11 is 0. The number of benzene rings is 1. The minimum Gasteiger partial charge on any atom is -0.498 e. The predicted octanol–water partition coefficient (Wildman–Crippen LogP) is 6.90. The number of hydrogen-bond acceptors (Lipinski definition) is 5. The molecule has 6 nitrogen and oxygen atoms in total. The van der Waals surface area contributed by atoms with Gasteiger partial charge in [0, 0.05) is 19.0 Å². The average Bonchev–Trinajstić information content (AvgIpc) is 3.79. The maximum absolute atomic E-state index is 13.9. The fourth-order valence-electron chi connectivity index (χ4n) is 6.16. The molecule has 0 spiro atoms. The van der Waals surface area contributed by atoms with Crippen LogP contribution in [0.4, 0.5) is 0 Å². The Bertz CT molecular complexity index is 1120. The van der Waals surface area contributed by atoms with Crippen LogP contribution in [0.1, 0.15) is 97.8 Å². The number of nitrogens with zero attached hydrogens (tertiary/aromatic N) is 1. The summed E-state index contributed by atoms with van der Waals surface area (Å²) in [5.74, 6) is 0.905. The van der Waals surface area contributed by atoms with E-state index in [2.05, 4.69) is 38.3 Å². The quantitative estimate of drug-likeness (QED) is 0.107. The van der Waals surface area contributed by atoms with E-state index in [9.17, 15) is 13.2 Å². The third-order valence-corrected chi connectivity index (χ3v) is 9.97. The van der Waals surface area contributed by atoms with Crippen LogP contribution >= 0.6 is 0 Å². The highest BCUT2D eigenvalue weighted by atomic mass is 32.2. The lowest BCUT2D eigenvalue weighted by Gasteiger charge is -2.26. The Hall–Kier alpha value is -1.90. The second-order valence-corrected chi connectivity index (χ2v) is 14.3. The Kier molecular flexibility index (Phi) is 14.3. The van der Waals surface area contributed by atoms with Gasteiger partial charge in [-0.2, -0.15) is 0 Å². The molecule has 1 radical (unpaired) electrons. The van der Waals surface area contributed by atoms with Crippen LogP contribution < -0.4 is 9.88 Å². The standard InChI is InChI=1S/C34H54BN2O4S/c1-5-8-13-27(14-9-6-2)22-30-23-29(33(38)26(4)19-21-37(20-7-3)25-28-17-18-28)24-32(42(36,39)40)34(35-30)41-31-15-11-10-12-16-31/h10-13,15-16,28-30,32,34H,4-9,14,17-25H2,1-3H3,(H2,36,39,40). The first-order chi connectivity index (χ1) is 20.1. The first kappa shape index (κ1) is 34.6. The van der Waals surface area contributed by atoms with Gasteiger partial charge < -0.3 is 9.64 Å². The summed E-state index contributed by atoms with van der Waals surface area (Å²) in [5.41, 5.74) is 1.98. The molecule has 8 heteroatoms. The van der Waals surface area contributed by atoms with E-state index in [-0.39, 0.29) is 18.0 Å². The molecule has 42 heavy (non-hydrogen) atoms. The number of Topliss-reactive ketones (excluding diaryl/α,β-unsaturated/α-hetero) is 1. The van der Waals surface area contributed by atoms with Crippen LogP contribution in [0, 0.1) is 11.8 Å². The molecule has 233 valence electrons. The Labute approximate surface area is 256 Å². The van der Waals surface area contributed by atoms with E-state index >= 15 is 0 Å². The van der Waals surface area contributed by atoms with Gasteiger partial charge in [-0.3, -0.25) is 4.79 Å². The normalized spacial score (nSPS) is 23.3. The highest BCUT2D eigenvalue weighted by Gasteiger charge is 2.43. The minimum atomic E-state index is -3.99. The molecule has 3 rings (SSSR count). The Morgan fingerprint density at radius 2 is 1.81 bits per heavy atom. The molecule has 1 saturated carbocycles. The Balaban J connectivity index is 1.84. The molecule has 1 aliphatic carbocycles. The fraction of sp³-hybridized carbons (Fsp3) is 0.676. The highest BCUT2D eigenvalue weighted by molar-refractivity contribution is 7.89. The van der Waals surface area contributed by atoms with E-state index in [1.165, 1.54) is 18.4 Å². The molecule has 2 N–H and O–H groups in total. The zero-order chi connectivity index (χ0) is 30.5. The van der Waals surface area contributed by atoms with E-state index < -0.39 is 27.2 Å². The Morgan fingerprint density at radius 3 is 2.43 bits per heavy atom. The van der Waals surface area contributed by atoms with Crippen molar-refractivity contribution < 1.29 is 17.9 Å². The molecule has 2 aliphatic rings. The zero-order valence-electron chi connectivity index (χ0n) is 26.3. The maximum atomic E-state index is 13.9. The van der Waals surface area contributed by atoms with Crippen molar-refractivity contribution in [1.29, 1.82) is 0 Å². The number of para-hydroxylation sites is 1. The number of carbonyl (C=O) groups is 1. The van der Waals surface area contributed by atoms with Gasteiger partial charge in [0.25, 0.3) is 0 Å². The van der Waals surface area contributed by atoms with Crippen molar-refractivity contribution in [3.05, 3.63) is 54.1 Å². The summed E-state index contributed by atoms with van der Waals surface area (Å²) in [6.45, 7) is 13.7. The number of hydrogen-bond donors (Lipinski definition) is 1. The lowest BCUT2D eigenvalue weighted by molar-refractivity contribution is -0.119. The first-order valence-corrected chi connectivity index (χ1v) is 18.0. The molecular weight excluding hydrogens is 543 g/mol. The van der Waals surface area contributed by atoms with Crippen LogP contribution in [-0.4, -0.2) is 57.3 Å². The molecule has 4 unspecified atom stereocenters. The first-order valence-electron chi connectivity index (χ1n) is 16.3. The van der Waals surface area contributed by atoms with Gasteiger partial charge in [-0.25, -0.2) is 13.6 Å². The van der Waals surface area contributed by atoms with Crippen LogP contribution in [0.25, 0.3) is 0 Å². The van der Waals surface area contributed by atoms with Gasteiger partial charge in [-0.05, 0) is 94.4 Å². The lowest BCUT2D eigenvalue weighted by Crippen LogP contribution is -2.46. The molecule has 2 fully saturated rings. The summed E-state index contributed by atoms with van der Waals surface area (Å²) in [6.07, 6.45) is 13.5. The fourth-order valence-corrected chi connectivity index (χ4v) is 7.18. The number of nitrogens with two attached hydrogens (primary N) is 1. The molecule has 0 aromatic heterocycles. The van der Waals surface area contributed by atoms with Crippen LogP contribution in [0.15, 0.2) is 54.1 Å². The van der Waals surface area contributed by atoms with Gasteiger partial charge >= 0.3 is 0 Å². The van der Waals surface area contributed by atoms with E-state index in [1.54, 1.807) is 0 Å². The van der Waals surface area contributed by atoms with E-state index in [4.69, 9.17) is 9.88 Å². The molecule has 0 bridgehead atoms. The third-order valence-electron chi connectivity index (χ3n) is 8.67. The second kappa shape index (κ2) is 17.4. The number of rotatable bonds is 19. The number of sulfonamides is 1. The summed E-state index contributed by atoms with van der Waals surface area (Å²) in [4.78, 5) is 16.4. The van der Waals surface area contributed by atoms with Gasteiger partial charge in [0.15, 0.2) is 13.1 Å². The van der Waals surface area contributed by atoms with Crippen molar-refractivity contribution in [2.45, 2.75) is 115 Å². The number of allylic oxidation sites excluding steroid dienone is 2. The minimum absolute atomic E-state index is 0.00127. The molecule has 1 saturated heterocycles. The van der Waals surface area contributed by atoms with Gasteiger partial charge in [0.1, 0.15) is 11.0 Å². The van der Waals surface area contributed by atoms with Crippen molar-refractivity contribution in [3.8, 4) is 5.75 Å². The van der Waals surface area contributed by atoms with Gasteiger partial charge in [0.2, 0.25) is 10.0 Å². The van der Waals surface area contributed by atoms with Gasteiger partial charge in [0.05, 0.1) is 6.00 Å². The van der Waals surface area contributed by atoms with Gasteiger partial charge in [-0.15, -0.1) is 0 Å². The maximum Gasteiger partial charge on any atom is 0.214 e. The predicted molar refractivity (Wildman–Crippen MR) is 175 cm³/mol. The second-order valence-electron chi connectivity index (χ2n) is 12.6. The lowest BCUT2D eigenvalue weighted by atomic mass is 9.56. The highest BCUT2D eigenvalue weighted by Crippen LogP contribution is 2.38. The van der Waals surface area contributed by atoms with Crippen molar-refractivity contribution in [1.82, 2.24) is 4.90 Å². The average molecular weight is 598 g/mol. The van der Waals surface area contributed by atoms with Crippen molar-refractivity contribution >= 4 is 23.1 Å². The zero-order valence-corrected chi connectivity index (χ0v) is 27.1. The molecule has 1 heterocycles. The van der Waals surface area contributed by atoms with E-state index in [0.717, 1.165) is 70.5 Å². The molecule has 1 aromatic rings. The third kappa shape index (κ3) is 11.7. The summed E-state index contributed by atoms with van der Waals surface area (Å²) in [7, 11) is -1.96. The van der Waals surface area contributed by atoms with E-state index in [1.807, 2.05) is 37.6 Å². The number of ether oxygens (including phenoxy) is 1. The smallest absolute Gasteiger partial charge is 0.214 e. The number of ketones is 1. The molecule has 4 atom stereocenters. The van der Waals surface area contributed by atoms with E-state index in [0.29, 0.717) is 24.2 Å². The largest absolute Gasteiger partial charge is 0.498 e. The SMILES string of the molecule is C=C(CCN(CCC)CC1CC1)C(=O)C1CC(CC(=CCCC)CCCC)[B]C(Oc2ccccc2)C(S(N)(=O)=O)C1. The van der Waals surface area contributed by atoms with Crippen LogP contribution in [0.3, 0.4) is 0 Å². The molecular formula is C34H54BN2O4S. The molecule has 1 aromatic carbocycles. The summed E-state index contributed by atoms with van der Waals surface area (Å²) in [6, 6.07) is 8.55. The van der Waals surface area contributed by atoms with Crippen molar-refractivity contribution in [3.63, 3.8) is 0 Å².